The Morgan fingerprint density at radius 3 is 2.62 bits per heavy atom. The fourth-order valence-corrected chi connectivity index (χ4v) is 3.83. The molecular formula is C19H19N3OS. The molecule has 3 heterocycles. The zero-order valence-electron chi connectivity index (χ0n) is 13.4. The second-order valence-corrected chi connectivity index (χ2v) is 7.07. The SMILES string of the molecule is O=C(c1ccc2ccccc2n1)N1CCN(Cc2cccs2)CC1. The van der Waals surface area contributed by atoms with E-state index in [0.29, 0.717) is 5.69 Å². The lowest BCUT2D eigenvalue weighted by atomic mass is 10.2. The number of pyridine rings is 1. The number of hydrogen-bond donors (Lipinski definition) is 0. The number of carbonyl (C=O) groups is 1. The third kappa shape index (κ3) is 3.18. The number of hydrogen-bond acceptors (Lipinski definition) is 4. The lowest BCUT2D eigenvalue weighted by molar-refractivity contribution is 0.0624. The first-order chi connectivity index (χ1) is 11.8. The van der Waals surface area contributed by atoms with Gasteiger partial charge in [0.2, 0.25) is 0 Å². The topological polar surface area (TPSA) is 36.4 Å². The van der Waals surface area contributed by atoms with E-state index in [0.717, 1.165) is 43.6 Å². The minimum atomic E-state index is 0.0385. The molecule has 1 amide bonds. The highest BCUT2D eigenvalue weighted by Gasteiger charge is 2.23. The predicted molar refractivity (Wildman–Crippen MR) is 97.2 cm³/mol. The highest BCUT2D eigenvalue weighted by Crippen LogP contribution is 2.16. The maximum atomic E-state index is 12.7. The average molecular weight is 337 g/mol. The van der Waals surface area contributed by atoms with E-state index in [-0.39, 0.29) is 5.91 Å². The van der Waals surface area contributed by atoms with Crippen LogP contribution in [0.15, 0.2) is 53.9 Å². The number of fused-ring (bicyclic) bond motifs is 1. The number of carbonyl (C=O) groups excluding carboxylic acids is 1. The molecule has 0 atom stereocenters. The van der Waals surface area contributed by atoms with Gasteiger partial charge in [0, 0.05) is 43.0 Å². The molecule has 0 unspecified atom stereocenters. The van der Waals surface area contributed by atoms with Crippen molar-refractivity contribution in [2.75, 3.05) is 26.2 Å². The Morgan fingerprint density at radius 1 is 1.00 bits per heavy atom. The van der Waals surface area contributed by atoms with Gasteiger partial charge >= 0.3 is 0 Å². The molecule has 2 aromatic heterocycles. The van der Waals surface area contributed by atoms with Gasteiger partial charge in [-0.1, -0.05) is 30.3 Å². The summed E-state index contributed by atoms with van der Waals surface area (Å²) in [7, 11) is 0. The van der Waals surface area contributed by atoms with Crippen molar-refractivity contribution in [3.63, 3.8) is 0 Å². The minimum Gasteiger partial charge on any atom is -0.335 e. The van der Waals surface area contributed by atoms with Gasteiger partial charge in [0.25, 0.3) is 5.91 Å². The van der Waals surface area contributed by atoms with Crippen molar-refractivity contribution in [2.45, 2.75) is 6.54 Å². The van der Waals surface area contributed by atoms with Gasteiger partial charge in [-0.05, 0) is 23.6 Å². The van der Waals surface area contributed by atoms with Crippen LogP contribution in [0.1, 0.15) is 15.4 Å². The van der Waals surface area contributed by atoms with Crippen molar-refractivity contribution >= 4 is 28.1 Å². The van der Waals surface area contributed by atoms with Crippen molar-refractivity contribution in [1.29, 1.82) is 0 Å². The second-order valence-electron chi connectivity index (χ2n) is 6.04. The van der Waals surface area contributed by atoms with Crippen LogP contribution in [0.2, 0.25) is 0 Å². The zero-order chi connectivity index (χ0) is 16.4. The maximum absolute atomic E-state index is 12.7. The van der Waals surface area contributed by atoms with E-state index in [4.69, 9.17) is 0 Å². The van der Waals surface area contributed by atoms with Crippen molar-refractivity contribution in [2.24, 2.45) is 0 Å². The Bertz CT molecular complexity index is 839. The molecule has 1 aliphatic rings. The summed E-state index contributed by atoms with van der Waals surface area (Å²) in [6, 6.07) is 16.0. The van der Waals surface area contributed by atoms with E-state index in [2.05, 4.69) is 27.4 Å². The molecular weight excluding hydrogens is 318 g/mol. The number of piperazine rings is 1. The lowest BCUT2D eigenvalue weighted by Gasteiger charge is -2.34. The van der Waals surface area contributed by atoms with E-state index in [1.165, 1.54) is 4.88 Å². The van der Waals surface area contributed by atoms with Crippen LogP contribution in [0.5, 0.6) is 0 Å². The van der Waals surface area contributed by atoms with Gasteiger partial charge < -0.3 is 4.90 Å². The van der Waals surface area contributed by atoms with Crippen LogP contribution in [0.25, 0.3) is 10.9 Å². The van der Waals surface area contributed by atoms with E-state index >= 15 is 0 Å². The number of para-hydroxylation sites is 1. The first-order valence-corrected chi connectivity index (χ1v) is 9.07. The van der Waals surface area contributed by atoms with Crippen LogP contribution in [0.4, 0.5) is 0 Å². The van der Waals surface area contributed by atoms with Gasteiger partial charge in [0.05, 0.1) is 5.52 Å². The Labute approximate surface area is 145 Å². The quantitative estimate of drug-likeness (QED) is 0.736. The molecule has 0 bridgehead atoms. The van der Waals surface area contributed by atoms with Gasteiger partial charge in [-0.25, -0.2) is 4.98 Å². The molecule has 5 heteroatoms. The third-order valence-electron chi connectivity index (χ3n) is 4.44. The first-order valence-electron chi connectivity index (χ1n) is 8.19. The highest BCUT2D eigenvalue weighted by atomic mass is 32.1. The van der Waals surface area contributed by atoms with Gasteiger partial charge in [-0.2, -0.15) is 0 Å². The summed E-state index contributed by atoms with van der Waals surface area (Å²) in [6.45, 7) is 4.33. The number of benzene rings is 1. The normalized spacial score (nSPS) is 15.8. The van der Waals surface area contributed by atoms with Gasteiger partial charge in [0.1, 0.15) is 5.69 Å². The molecule has 0 aliphatic carbocycles. The lowest BCUT2D eigenvalue weighted by Crippen LogP contribution is -2.48. The average Bonchev–Trinajstić information content (AvgIpc) is 3.14. The molecule has 0 N–H and O–H groups in total. The number of rotatable bonds is 3. The maximum Gasteiger partial charge on any atom is 0.272 e. The summed E-state index contributed by atoms with van der Waals surface area (Å²) in [4.78, 5) is 22.9. The fourth-order valence-electron chi connectivity index (χ4n) is 3.08. The molecule has 4 nitrogen and oxygen atoms in total. The summed E-state index contributed by atoms with van der Waals surface area (Å²) < 4.78 is 0. The third-order valence-corrected chi connectivity index (χ3v) is 5.30. The van der Waals surface area contributed by atoms with Crippen LogP contribution in [0.3, 0.4) is 0 Å². The summed E-state index contributed by atoms with van der Waals surface area (Å²) in [5.74, 6) is 0.0385. The highest BCUT2D eigenvalue weighted by molar-refractivity contribution is 7.09. The molecule has 1 aromatic carbocycles. The number of nitrogens with zero attached hydrogens (tertiary/aromatic N) is 3. The largest absolute Gasteiger partial charge is 0.335 e. The monoisotopic (exact) mass is 337 g/mol. The standard InChI is InChI=1S/C19H19N3OS/c23-19(18-8-7-15-4-1-2-6-17(15)20-18)22-11-9-21(10-12-22)14-16-5-3-13-24-16/h1-8,13H,9-12,14H2. The van der Waals surface area contributed by atoms with Crippen molar-refractivity contribution < 1.29 is 4.79 Å². The summed E-state index contributed by atoms with van der Waals surface area (Å²) in [5, 5.41) is 3.18. The van der Waals surface area contributed by atoms with Gasteiger partial charge in [-0.3, -0.25) is 9.69 Å². The van der Waals surface area contributed by atoms with Crippen LogP contribution in [-0.4, -0.2) is 46.9 Å². The minimum absolute atomic E-state index is 0.0385. The van der Waals surface area contributed by atoms with Crippen molar-refractivity contribution in [3.8, 4) is 0 Å². The van der Waals surface area contributed by atoms with Crippen LogP contribution in [-0.2, 0) is 6.54 Å². The van der Waals surface area contributed by atoms with Crippen LogP contribution >= 0.6 is 11.3 Å². The second kappa shape index (κ2) is 6.71. The summed E-state index contributed by atoms with van der Waals surface area (Å²) in [6.07, 6.45) is 0. The Hall–Kier alpha value is -2.24. The molecule has 24 heavy (non-hydrogen) atoms. The van der Waals surface area contributed by atoms with Gasteiger partial charge in [-0.15, -0.1) is 11.3 Å². The number of thiophene rings is 1. The Balaban J connectivity index is 1.41. The van der Waals surface area contributed by atoms with Crippen molar-refractivity contribution in [1.82, 2.24) is 14.8 Å². The Kier molecular flexibility index (Phi) is 4.28. The zero-order valence-corrected chi connectivity index (χ0v) is 14.2. The molecule has 0 saturated carbocycles. The summed E-state index contributed by atoms with van der Waals surface area (Å²) >= 11 is 1.79. The smallest absolute Gasteiger partial charge is 0.272 e. The molecule has 0 spiro atoms. The molecule has 122 valence electrons. The molecule has 3 aromatic rings. The van der Waals surface area contributed by atoms with Crippen molar-refractivity contribution in [3.05, 3.63) is 64.5 Å². The first kappa shape index (κ1) is 15.3. The van der Waals surface area contributed by atoms with E-state index in [1.54, 1.807) is 11.3 Å². The fraction of sp³-hybridized carbons (Fsp3) is 0.263. The van der Waals surface area contributed by atoms with E-state index in [1.807, 2.05) is 41.3 Å². The molecule has 1 aliphatic heterocycles. The van der Waals surface area contributed by atoms with E-state index in [9.17, 15) is 4.79 Å². The number of aromatic nitrogens is 1. The molecule has 1 fully saturated rings. The van der Waals surface area contributed by atoms with Gasteiger partial charge in [0.15, 0.2) is 0 Å². The number of amides is 1. The summed E-state index contributed by atoms with van der Waals surface area (Å²) in [5.41, 5.74) is 1.42. The molecule has 1 saturated heterocycles. The predicted octanol–water partition coefficient (Wildman–Crippen LogP) is 3.25. The Morgan fingerprint density at radius 2 is 1.83 bits per heavy atom. The molecule has 0 radical (unpaired) electrons. The van der Waals surface area contributed by atoms with Crippen LogP contribution < -0.4 is 0 Å². The van der Waals surface area contributed by atoms with Crippen LogP contribution in [0, 0.1) is 0 Å². The molecule has 4 rings (SSSR count). The van der Waals surface area contributed by atoms with E-state index < -0.39 is 0 Å².